The third-order valence-corrected chi connectivity index (χ3v) is 9.19. The Bertz CT molecular complexity index is 879. The first kappa shape index (κ1) is 19.1. The molecular formula is C22H22I2NO2-. The minimum atomic E-state index is -0.174. The van der Waals surface area contributed by atoms with Crippen LogP contribution in [0.3, 0.4) is 0 Å². The molecule has 2 aromatic carbocycles. The molecule has 3 nitrogen and oxygen atoms in total. The average Bonchev–Trinajstić information content (AvgIpc) is 3.34. The van der Waals surface area contributed by atoms with Crippen LogP contribution in [0.2, 0.25) is 0 Å². The number of rotatable bonds is 5. The fraction of sp³-hybridized carbons (Fsp3) is 0.273. The van der Waals surface area contributed by atoms with E-state index in [9.17, 15) is 4.79 Å². The van der Waals surface area contributed by atoms with Crippen LogP contribution in [0.4, 0.5) is 4.79 Å². The van der Waals surface area contributed by atoms with Crippen molar-refractivity contribution >= 4 is 36.9 Å². The molecule has 142 valence electrons. The number of fused-ring (bicyclic) bond motifs is 1. The summed E-state index contributed by atoms with van der Waals surface area (Å²) in [6.07, 6.45) is 2.90. The van der Waals surface area contributed by atoms with E-state index >= 15 is 0 Å². The van der Waals surface area contributed by atoms with Crippen molar-refractivity contribution in [1.29, 1.82) is 0 Å². The van der Waals surface area contributed by atoms with E-state index < -0.39 is 0 Å². The van der Waals surface area contributed by atoms with Crippen molar-refractivity contribution < 1.29 is 30.7 Å². The summed E-state index contributed by atoms with van der Waals surface area (Å²) in [6, 6.07) is 17.0. The number of nitrogens with zero attached hydrogens (tertiary/aromatic N) is 1. The van der Waals surface area contributed by atoms with E-state index in [-0.39, 0.29) is 54.1 Å². The van der Waals surface area contributed by atoms with Crippen LogP contribution in [0.5, 0.6) is 0 Å². The normalized spacial score (nSPS) is 18.6. The number of ether oxygens (including phenoxy) is 1. The minimum absolute atomic E-state index is 0.0378. The molecule has 0 N–H and O–H groups in total. The van der Waals surface area contributed by atoms with E-state index in [1.165, 1.54) is 18.3 Å². The van der Waals surface area contributed by atoms with E-state index in [2.05, 4.69) is 26.8 Å². The van der Waals surface area contributed by atoms with Gasteiger partial charge in [-0.2, -0.15) is 0 Å². The first-order valence-corrected chi connectivity index (χ1v) is 14.0. The third-order valence-electron chi connectivity index (χ3n) is 5.01. The van der Waals surface area contributed by atoms with E-state index in [0.717, 1.165) is 31.4 Å². The van der Waals surface area contributed by atoms with Crippen LogP contribution < -0.4 is 21.2 Å². The summed E-state index contributed by atoms with van der Waals surface area (Å²) in [5, 5.41) is 0. The molecule has 2 aromatic rings. The first-order valence-electron chi connectivity index (χ1n) is 9.07. The molecule has 0 saturated carbocycles. The Morgan fingerprint density at radius 1 is 1.26 bits per heavy atom. The van der Waals surface area contributed by atoms with Crippen LogP contribution in [0.25, 0.3) is 5.57 Å². The van der Waals surface area contributed by atoms with Crippen molar-refractivity contribution in [3.8, 4) is 0 Å². The molecule has 2 aliphatic heterocycles. The van der Waals surface area contributed by atoms with Crippen molar-refractivity contribution in [3.63, 3.8) is 0 Å². The molecule has 1 atom stereocenters. The van der Waals surface area contributed by atoms with Crippen molar-refractivity contribution in [3.05, 3.63) is 70.9 Å². The summed E-state index contributed by atoms with van der Waals surface area (Å²) in [7, 11) is 0. The second-order valence-corrected chi connectivity index (χ2v) is 11.2. The summed E-state index contributed by atoms with van der Waals surface area (Å²) in [5.41, 5.74) is 3.87. The average molecular weight is 586 g/mol. The molecule has 1 fully saturated rings. The van der Waals surface area contributed by atoms with E-state index in [1.54, 1.807) is 0 Å². The zero-order valence-corrected chi connectivity index (χ0v) is 19.4. The molecule has 0 aromatic heterocycles. The van der Waals surface area contributed by atoms with Crippen LogP contribution in [0.15, 0.2) is 52.6 Å². The monoisotopic (exact) mass is 586 g/mol. The number of halogens is 2. The Morgan fingerprint density at radius 2 is 2.11 bits per heavy atom. The first-order chi connectivity index (χ1) is 13.2. The number of carbonyl (C=O) groups is 1. The molecule has 1 amide bonds. The Hall–Kier alpha value is -1.22. The van der Waals surface area contributed by atoms with Crippen LogP contribution in [-0.2, 0) is 11.3 Å². The summed E-state index contributed by atoms with van der Waals surface area (Å²) in [6.45, 7) is 1.15. The third kappa shape index (κ3) is 4.45. The van der Waals surface area contributed by atoms with Gasteiger partial charge in [0.25, 0.3) is 0 Å². The molecule has 0 radical (unpaired) electrons. The van der Waals surface area contributed by atoms with Gasteiger partial charge in [0.15, 0.2) is 0 Å². The number of likely N-dealkylation sites (tertiary alicyclic amines) is 1. The molecule has 1 saturated heterocycles. The second-order valence-electron chi connectivity index (χ2n) is 6.74. The van der Waals surface area contributed by atoms with Gasteiger partial charge in [-0.15, -0.1) is 0 Å². The van der Waals surface area contributed by atoms with Crippen LogP contribution in [0, 0.1) is 7.14 Å². The van der Waals surface area contributed by atoms with Crippen molar-refractivity contribution in [2.24, 2.45) is 0 Å². The van der Waals surface area contributed by atoms with Gasteiger partial charge in [-0.25, -0.2) is 0 Å². The van der Waals surface area contributed by atoms with E-state index in [4.69, 9.17) is 4.74 Å². The molecule has 5 heteroatoms. The maximum atomic E-state index is 12.6. The molecular weight excluding hydrogens is 564 g/mol. The van der Waals surface area contributed by atoms with Crippen molar-refractivity contribution in [1.82, 2.24) is 4.90 Å². The number of carbonyl (C=O) groups excluding carboxylic acids is 1. The van der Waals surface area contributed by atoms with Gasteiger partial charge >= 0.3 is 182 Å². The van der Waals surface area contributed by atoms with Gasteiger partial charge in [0.05, 0.1) is 0 Å². The molecule has 0 aliphatic carbocycles. The maximum absolute atomic E-state index is 12.6. The van der Waals surface area contributed by atoms with Crippen LogP contribution in [-0.4, -0.2) is 28.1 Å². The molecule has 4 rings (SSSR count). The molecule has 0 spiro atoms. The zero-order chi connectivity index (χ0) is 18.6. The fourth-order valence-corrected chi connectivity index (χ4v) is 7.85. The van der Waals surface area contributed by atoms with Gasteiger partial charge in [-0.05, 0) is 0 Å². The molecule has 2 heterocycles. The SMILES string of the molecule is C=Ic1ccc2c(c1)[I-]C=C2C[C@@H]1CCCN1C(=O)OCc1ccccc1. The number of hydrogen-bond acceptors (Lipinski definition) is 2. The quantitative estimate of drug-likeness (QED) is 0.503. The van der Waals surface area contributed by atoms with Gasteiger partial charge in [0.1, 0.15) is 0 Å². The van der Waals surface area contributed by atoms with Crippen molar-refractivity contribution in [2.45, 2.75) is 31.9 Å². The predicted octanol–water partition coefficient (Wildman–Crippen LogP) is 2.06. The Morgan fingerprint density at radius 3 is 2.93 bits per heavy atom. The van der Waals surface area contributed by atoms with E-state index in [0.29, 0.717) is 6.61 Å². The number of amides is 1. The fourth-order valence-electron chi connectivity index (χ4n) is 3.61. The number of hydrogen-bond donors (Lipinski definition) is 0. The summed E-state index contributed by atoms with van der Waals surface area (Å²) >= 11 is -0.130. The Balaban J connectivity index is 1.39. The van der Waals surface area contributed by atoms with E-state index in [1.807, 2.05) is 35.2 Å². The summed E-state index contributed by atoms with van der Waals surface area (Å²) in [5.74, 6) is 0. The molecule has 2 aliphatic rings. The van der Waals surface area contributed by atoms with Crippen LogP contribution >= 0.6 is 20.7 Å². The Labute approximate surface area is 180 Å². The van der Waals surface area contributed by atoms with Crippen LogP contribution in [0.1, 0.15) is 30.4 Å². The zero-order valence-electron chi connectivity index (χ0n) is 15.0. The Kier molecular flexibility index (Phi) is 6.27. The summed E-state index contributed by atoms with van der Waals surface area (Å²) in [4.78, 5) is 14.6. The molecule has 0 bridgehead atoms. The van der Waals surface area contributed by atoms with Crippen molar-refractivity contribution in [2.75, 3.05) is 6.54 Å². The van der Waals surface area contributed by atoms with Gasteiger partial charge < -0.3 is 0 Å². The van der Waals surface area contributed by atoms with Gasteiger partial charge in [-0.1, -0.05) is 0 Å². The summed E-state index contributed by atoms with van der Waals surface area (Å²) < 4.78 is 15.1. The van der Waals surface area contributed by atoms with Gasteiger partial charge in [-0.3, -0.25) is 0 Å². The molecule has 27 heavy (non-hydrogen) atoms. The van der Waals surface area contributed by atoms with Gasteiger partial charge in [0, 0.05) is 0 Å². The molecule has 0 unspecified atom stereocenters. The number of benzene rings is 2. The standard InChI is InChI=1S/C22H22I2NO2/c1-23-18-9-10-20-17(14-24-21(20)13-18)12-19-8-5-11-25(19)22(26)27-15-16-6-3-2-4-7-16/h2-4,6-7,9-10,13-14,19H,1,5,8,11-12,15H2/q-1/t19-/m0/s1. The van der Waals surface area contributed by atoms with Gasteiger partial charge in [0.2, 0.25) is 0 Å². The second kappa shape index (κ2) is 8.86. The predicted molar refractivity (Wildman–Crippen MR) is 114 cm³/mol. The topological polar surface area (TPSA) is 29.5 Å².